The van der Waals surface area contributed by atoms with Crippen LogP contribution in [0.5, 0.6) is 0 Å². The van der Waals surface area contributed by atoms with E-state index in [-0.39, 0.29) is 0 Å². The first-order chi connectivity index (χ1) is 6.79. The fourth-order valence-electron chi connectivity index (χ4n) is 2.05. The second kappa shape index (κ2) is 4.05. The molecule has 0 radical (unpaired) electrons. The monoisotopic (exact) mass is 194 g/mol. The van der Waals surface area contributed by atoms with E-state index in [1.807, 2.05) is 7.05 Å². The van der Waals surface area contributed by atoms with Crippen LogP contribution in [0.1, 0.15) is 12.8 Å². The maximum Gasteiger partial charge on any atom is 0.0545 e. The molecule has 2 rings (SSSR count). The molecule has 0 atom stereocenters. The van der Waals surface area contributed by atoms with E-state index >= 15 is 0 Å². The zero-order valence-electron chi connectivity index (χ0n) is 8.69. The van der Waals surface area contributed by atoms with Gasteiger partial charge in [0.25, 0.3) is 0 Å². The highest BCUT2D eigenvalue weighted by Crippen LogP contribution is 2.22. The zero-order chi connectivity index (χ0) is 9.97. The standard InChI is InChI=1S/C11H18N2O/c1-12-5-4-11(8-12)13-6-2-10(9-14)3-7-13/h4-5,8,10,14H,2-3,6-7,9H2,1H3. The average Bonchev–Trinajstić information content (AvgIpc) is 2.65. The molecule has 0 amide bonds. The van der Waals surface area contributed by atoms with Gasteiger partial charge in [0, 0.05) is 39.1 Å². The Morgan fingerprint density at radius 3 is 2.64 bits per heavy atom. The van der Waals surface area contributed by atoms with Crippen LogP contribution in [-0.4, -0.2) is 29.4 Å². The highest BCUT2D eigenvalue weighted by molar-refractivity contribution is 5.45. The topological polar surface area (TPSA) is 28.4 Å². The van der Waals surface area contributed by atoms with Crippen molar-refractivity contribution in [1.82, 2.24) is 4.57 Å². The van der Waals surface area contributed by atoms with E-state index in [2.05, 4.69) is 27.9 Å². The lowest BCUT2D eigenvalue weighted by molar-refractivity contribution is 0.203. The van der Waals surface area contributed by atoms with Crippen molar-refractivity contribution < 1.29 is 5.11 Å². The number of aromatic nitrogens is 1. The molecule has 0 aliphatic carbocycles. The third-order valence-corrected chi connectivity index (χ3v) is 3.05. The molecule has 1 aliphatic rings. The van der Waals surface area contributed by atoms with Gasteiger partial charge >= 0.3 is 0 Å². The lowest BCUT2D eigenvalue weighted by Gasteiger charge is -2.32. The fraction of sp³-hybridized carbons (Fsp3) is 0.636. The molecular weight excluding hydrogens is 176 g/mol. The van der Waals surface area contributed by atoms with Crippen LogP contribution in [0.3, 0.4) is 0 Å². The molecule has 2 heterocycles. The SMILES string of the molecule is Cn1ccc(N2CCC(CO)CC2)c1. The molecule has 0 saturated carbocycles. The molecule has 1 N–H and O–H groups in total. The van der Waals surface area contributed by atoms with Crippen LogP contribution >= 0.6 is 0 Å². The Morgan fingerprint density at radius 2 is 2.14 bits per heavy atom. The molecular formula is C11H18N2O. The minimum Gasteiger partial charge on any atom is -0.396 e. The Kier molecular flexibility index (Phi) is 2.77. The first-order valence-electron chi connectivity index (χ1n) is 5.27. The Balaban J connectivity index is 1.95. The molecule has 1 aromatic rings. The molecule has 0 aromatic carbocycles. The van der Waals surface area contributed by atoms with E-state index in [0.29, 0.717) is 12.5 Å². The van der Waals surface area contributed by atoms with Crippen molar-refractivity contribution in [3.05, 3.63) is 18.5 Å². The van der Waals surface area contributed by atoms with Crippen molar-refractivity contribution in [1.29, 1.82) is 0 Å². The van der Waals surface area contributed by atoms with Crippen LogP contribution in [0.2, 0.25) is 0 Å². The summed E-state index contributed by atoms with van der Waals surface area (Å²) in [5, 5.41) is 9.03. The van der Waals surface area contributed by atoms with Crippen LogP contribution in [-0.2, 0) is 7.05 Å². The number of anilines is 1. The van der Waals surface area contributed by atoms with Gasteiger partial charge in [0.15, 0.2) is 0 Å². The number of aliphatic hydroxyl groups is 1. The van der Waals surface area contributed by atoms with Crippen LogP contribution in [0, 0.1) is 5.92 Å². The molecule has 3 heteroatoms. The summed E-state index contributed by atoms with van der Waals surface area (Å²) in [5.74, 6) is 0.523. The largest absolute Gasteiger partial charge is 0.396 e. The van der Waals surface area contributed by atoms with E-state index in [4.69, 9.17) is 5.11 Å². The van der Waals surface area contributed by atoms with E-state index < -0.39 is 0 Å². The molecule has 3 nitrogen and oxygen atoms in total. The molecule has 0 spiro atoms. The lowest BCUT2D eigenvalue weighted by Crippen LogP contribution is -2.34. The lowest BCUT2D eigenvalue weighted by atomic mass is 9.98. The van der Waals surface area contributed by atoms with Gasteiger partial charge in [-0.05, 0) is 24.8 Å². The van der Waals surface area contributed by atoms with Gasteiger partial charge in [-0.1, -0.05) is 0 Å². The molecule has 1 aromatic heterocycles. The average molecular weight is 194 g/mol. The van der Waals surface area contributed by atoms with Crippen molar-refractivity contribution in [2.75, 3.05) is 24.6 Å². The van der Waals surface area contributed by atoms with E-state index in [0.717, 1.165) is 25.9 Å². The molecule has 1 fully saturated rings. The van der Waals surface area contributed by atoms with Crippen molar-refractivity contribution in [2.45, 2.75) is 12.8 Å². The van der Waals surface area contributed by atoms with Crippen molar-refractivity contribution in [3.8, 4) is 0 Å². The molecule has 1 aliphatic heterocycles. The molecule has 1 saturated heterocycles. The van der Waals surface area contributed by atoms with Crippen LogP contribution in [0.4, 0.5) is 5.69 Å². The third kappa shape index (κ3) is 1.93. The summed E-state index contributed by atoms with van der Waals surface area (Å²) in [6.45, 7) is 2.51. The highest BCUT2D eigenvalue weighted by Gasteiger charge is 2.18. The Bertz CT molecular complexity index is 287. The van der Waals surface area contributed by atoms with Crippen LogP contribution in [0.15, 0.2) is 18.5 Å². The zero-order valence-corrected chi connectivity index (χ0v) is 8.69. The summed E-state index contributed by atoms with van der Waals surface area (Å²) in [6, 6.07) is 2.15. The first kappa shape index (κ1) is 9.59. The van der Waals surface area contributed by atoms with Crippen LogP contribution < -0.4 is 4.90 Å². The van der Waals surface area contributed by atoms with E-state index in [1.54, 1.807) is 0 Å². The maximum atomic E-state index is 9.03. The Hall–Kier alpha value is -0.960. The second-order valence-corrected chi connectivity index (χ2v) is 4.15. The van der Waals surface area contributed by atoms with Gasteiger partial charge in [-0.25, -0.2) is 0 Å². The second-order valence-electron chi connectivity index (χ2n) is 4.15. The van der Waals surface area contributed by atoms with Gasteiger partial charge in [0.05, 0.1) is 5.69 Å². The van der Waals surface area contributed by atoms with Gasteiger partial charge in [-0.2, -0.15) is 0 Å². The summed E-state index contributed by atoms with van der Waals surface area (Å²) >= 11 is 0. The van der Waals surface area contributed by atoms with E-state index in [1.165, 1.54) is 5.69 Å². The van der Waals surface area contributed by atoms with Crippen molar-refractivity contribution >= 4 is 5.69 Å². The number of hydrogen-bond acceptors (Lipinski definition) is 2. The van der Waals surface area contributed by atoms with Gasteiger partial charge in [-0.3, -0.25) is 0 Å². The number of piperidine rings is 1. The Labute approximate surface area is 85.0 Å². The molecule has 0 bridgehead atoms. The summed E-state index contributed by atoms with van der Waals surface area (Å²) in [4.78, 5) is 2.40. The summed E-state index contributed by atoms with van der Waals surface area (Å²) in [6.07, 6.45) is 6.46. The van der Waals surface area contributed by atoms with Crippen LogP contribution in [0.25, 0.3) is 0 Å². The van der Waals surface area contributed by atoms with Crippen molar-refractivity contribution in [3.63, 3.8) is 0 Å². The highest BCUT2D eigenvalue weighted by atomic mass is 16.3. The number of rotatable bonds is 2. The number of hydrogen-bond donors (Lipinski definition) is 1. The summed E-state index contributed by atoms with van der Waals surface area (Å²) in [7, 11) is 2.05. The first-order valence-corrected chi connectivity index (χ1v) is 5.27. The molecule has 78 valence electrons. The number of aryl methyl sites for hydroxylation is 1. The molecule has 0 unspecified atom stereocenters. The van der Waals surface area contributed by atoms with Gasteiger partial charge in [0.1, 0.15) is 0 Å². The van der Waals surface area contributed by atoms with Gasteiger partial charge in [0.2, 0.25) is 0 Å². The van der Waals surface area contributed by atoms with E-state index in [9.17, 15) is 0 Å². The quantitative estimate of drug-likeness (QED) is 0.767. The van der Waals surface area contributed by atoms with Crippen molar-refractivity contribution in [2.24, 2.45) is 13.0 Å². The van der Waals surface area contributed by atoms with Gasteiger partial charge < -0.3 is 14.6 Å². The normalized spacial score (nSPS) is 18.9. The number of nitrogens with zero attached hydrogens (tertiary/aromatic N) is 2. The third-order valence-electron chi connectivity index (χ3n) is 3.05. The predicted octanol–water partition coefficient (Wildman–Crippen LogP) is 1.23. The smallest absolute Gasteiger partial charge is 0.0545 e. The maximum absolute atomic E-state index is 9.03. The predicted molar refractivity (Wildman–Crippen MR) is 57.4 cm³/mol. The minimum absolute atomic E-state index is 0.350. The minimum atomic E-state index is 0.350. The summed E-state index contributed by atoms with van der Waals surface area (Å²) in [5.41, 5.74) is 1.31. The Morgan fingerprint density at radius 1 is 1.43 bits per heavy atom. The molecule has 14 heavy (non-hydrogen) atoms. The van der Waals surface area contributed by atoms with Gasteiger partial charge in [-0.15, -0.1) is 0 Å². The summed E-state index contributed by atoms with van der Waals surface area (Å²) < 4.78 is 2.08. The fourth-order valence-corrected chi connectivity index (χ4v) is 2.05. The number of aliphatic hydroxyl groups excluding tert-OH is 1.